The number of pyridine rings is 1. The van der Waals surface area contributed by atoms with Crippen molar-refractivity contribution in [3.63, 3.8) is 0 Å². The van der Waals surface area contributed by atoms with Gasteiger partial charge in [-0.05, 0) is 36.4 Å². The number of hydrogen-bond acceptors (Lipinski definition) is 7. The smallest absolute Gasteiger partial charge is 0.237 e. The molecule has 0 unspecified atom stereocenters. The molecule has 0 atom stereocenters. The van der Waals surface area contributed by atoms with Gasteiger partial charge in [0, 0.05) is 23.0 Å². The highest BCUT2D eigenvalue weighted by Gasteiger charge is 2.43. The van der Waals surface area contributed by atoms with Crippen LogP contribution in [0.4, 0.5) is 5.13 Å². The van der Waals surface area contributed by atoms with Crippen LogP contribution in [-0.4, -0.2) is 25.5 Å². The molecule has 0 aromatic carbocycles. The molecule has 0 aliphatic heterocycles. The van der Waals surface area contributed by atoms with Crippen LogP contribution in [0, 0.1) is 0 Å². The van der Waals surface area contributed by atoms with E-state index in [1.807, 2.05) is 46.4 Å². The Bertz CT molecular complexity index is 1100. The number of carbonyl (C=O) groups is 1. The third-order valence-corrected chi connectivity index (χ3v) is 8.35. The van der Waals surface area contributed by atoms with Gasteiger partial charge in [0.25, 0.3) is 0 Å². The molecule has 9 heteroatoms. The first-order chi connectivity index (χ1) is 14.2. The highest BCUT2D eigenvalue weighted by Crippen LogP contribution is 2.44. The highest BCUT2D eigenvalue weighted by molar-refractivity contribution is 8.00. The molecule has 4 aromatic rings. The van der Waals surface area contributed by atoms with E-state index in [-0.39, 0.29) is 5.91 Å². The Hall–Kier alpha value is -2.23. The summed E-state index contributed by atoms with van der Waals surface area (Å²) in [6.07, 6.45) is 7.98. The number of rotatable bonds is 6. The lowest BCUT2D eigenvalue weighted by Crippen LogP contribution is -2.37. The van der Waals surface area contributed by atoms with Gasteiger partial charge in [0.15, 0.2) is 4.34 Å². The van der Waals surface area contributed by atoms with Crippen LogP contribution in [0.5, 0.6) is 0 Å². The van der Waals surface area contributed by atoms with Crippen molar-refractivity contribution in [2.75, 3.05) is 5.32 Å². The molecule has 4 aromatic heterocycles. The van der Waals surface area contributed by atoms with Crippen molar-refractivity contribution in [3.05, 3.63) is 58.7 Å². The summed E-state index contributed by atoms with van der Waals surface area (Å²) in [5, 5.41) is 14.1. The second-order valence-corrected chi connectivity index (χ2v) is 10.2. The van der Waals surface area contributed by atoms with Gasteiger partial charge in [0.2, 0.25) is 11.0 Å². The van der Waals surface area contributed by atoms with Gasteiger partial charge in [-0.1, -0.05) is 48.1 Å². The number of thiophene rings is 1. The molecule has 1 aliphatic carbocycles. The number of hydrogen-bond donors (Lipinski definition) is 1. The zero-order valence-corrected chi connectivity index (χ0v) is 18.0. The molecule has 148 valence electrons. The summed E-state index contributed by atoms with van der Waals surface area (Å²) >= 11 is 4.67. The van der Waals surface area contributed by atoms with Crippen molar-refractivity contribution >= 4 is 51.1 Å². The van der Waals surface area contributed by atoms with Crippen molar-refractivity contribution in [1.29, 1.82) is 0 Å². The van der Waals surface area contributed by atoms with Crippen LogP contribution in [0.2, 0.25) is 0 Å². The molecular weight excluding hydrogens is 422 g/mol. The average Bonchev–Trinajstić information content (AvgIpc) is 3.53. The van der Waals surface area contributed by atoms with Gasteiger partial charge >= 0.3 is 0 Å². The molecular formula is C20H19N5OS3. The van der Waals surface area contributed by atoms with Crippen LogP contribution < -0.4 is 5.32 Å². The maximum atomic E-state index is 13.1. The lowest BCUT2D eigenvalue weighted by molar-refractivity contribution is -0.121. The summed E-state index contributed by atoms with van der Waals surface area (Å²) < 4.78 is 2.83. The topological polar surface area (TPSA) is 72.2 Å². The molecule has 1 aliphatic rings. The molecule has 0 bridgehead atoms. The minimum absolute atomic E-state index is 0.0468. The zero-order chi connectivity index (χ0) is 19.7. The molecule has 0 saturated heterocycles. The summed E-state index contributed by atoms with van der Waals surface area (Å²) in [4.78, 5) is 18.9. The highest BCUT2D eigenvalue weighted by atomic mass is 32.2. The van der Waals surface area contributed by atoms with E-state index in [1.165, 1.54) is 11.3 Å². The fourth-order valence-electron chi connectivity index (χ4n) is 3.84. The standard InChI is InChI=1S/C20H19N5OS3/c26-17(20(8-2-3-9-20)15-6-5-11-27-15)22-18-23-24-19(29-18)28-13-14-12-25-10-4-1-7-16(25)21-14/h1,4-7,10-12H,2-3,8-9,13H2,(H,22,23,26). The van der Waals surface area contributed by atoms with Crippen LogP contribution in [0.3, 0.4) is 0 Å². The first kappa shape index (κ1) is 18.8. The van der Waals surface area contributed by atoms with Crippen LogP contribution in [-0.2, 0) is 16.0 Å². The lowest BCUT2D eigenvalue weighted by atomic mass is 9.83. The second-order valence-electron chi connectivity index (χ2n) is 7.08. The van der Waals surface area contributed by atoms with Gasteiger partial charge in [-0.2, -0.15) is 0 Å². The van der Waals surface area contributed by atoms with E-state index in [0.29, 0.717) is 10.9 Å². The number of fused-ring (bicyclic) bond motifs is 1. The Kier molecular flexibility index (Phi) is 5.11. The number of carbonyl (C=O) groups excluding carboxylic acids is 1. The average molecular weight is 442 g/mol. The number of aromatic nitrogens is 4. The van der Waals surface area contributed by atoms with Crippen molar-refractivity contribution < 1.29 is 4.79 Å². The second kappa shape index (κ2) is 7.89. The number of nitrogens with zero attached hydrogens (tertiary/aromatic N) is 4. The number of amides is 1. The summed E-state index contributed by atoms with van der Waals surface area (Å²) in [6.45, 7) is 0. The molecule has 1 amide bonds. The molecule has 6 nitrogen and oxygen atoms in total. The van der Waals surface area contributed by atoms with Gasteiger partial charge < -0.3 is 4.40 Å². The maximum Gasteiger partial charge on any atom is 0.237 e. The van der Waals surface area contributed by atoms with Gasteiger partial charge in [-0.15, -0.1) is 21.5 Å². The third kappa shape index (κ3) is 3.70. The van der Waals surface area contributed by atoms with Crippen LogP contribution in [0.15, 0.2) is 52.4 Å². The lowest BCUT2D eigenvalue weighted by Gasteiger charge is -2.25. The van der Waals surface area contributed by atoms with Crippen molar-refractivity contribution in [2.24, 2.45) is 0 Å². The van der Waals surface area contributed by atoms with Gasteiger partial charge in [-0.25, -0.2) is 4.98 Å². The van der Waals surface area contributed by atoms with E-state index in [1.54, 1.807) is 23.1 Å². The number of imidazole rings is 1. The quantitative estimate of drug-likeness (QED) is 0.337. The summed E-state index contributed by atoms with van der Waals surface area (Å²) in [6, 6.07) is 10.0. The van der Waals surface area contributed by atoms with E-state index < -0.39 is 5.41 Å². The Morgan fingerprint density at radius 1 is 1.21 bits per heavy atom. The molecule has 4 heterocycles. The van der Waals surface area contributed by atoms with Crippen molar-refractivity contribution in [3.8, 4) is 0 Å². The minimum Gasteiger partial charge on any atom is -0.307 e. The Morgan fingerprint density at radius 2 is 2.10 bits per heavy atom. The molecule has 1 fully saturated rings. The number of thioether (sulfide) groups is 1. The fourth-order valence-corrected chi connectivity index (χ4v) is 6.46. The molecule has 1 N–H and O–H groups in total. The monoisotopic (exact) mass is 441 g/mol. The number of anilines is 1. The molecule has 0 spiro atoms. The van der Waals surface area contributed by atoms with E-state index in [4.69, 9.17) is 0 Å². The Balaban J connectivity index is 1.25. The molecule has 29 heavy (non-hydrogen) atoms. The van der Waals surface area contributed by atoms with Crippen LogP contribution >= 0.6 is 34.4 Å². The molecule has 5 rings (SSSR count). The Labute approximate surface area is 180 Å². The fraction of sp³-hybridized carbons (Fsp3) is 0.300. The third-order valence-electron chi connectivity index (χ3n) is 5.27. The van der Waals surface area contributed by atoms with Crippen LogP contribution in [0.1, 0.15) is 36.3 Å². The van der Waals surface area contributed by atoms with E-state index in [0.717, 1.165) is 46.2 Å². The van der Waals surface area contributed by atoms with Gasteiger partial charge in [0.1, 0.15) is 5.65 Å². The van der Waals surface area contributed by atoms with Crippen molar-refractivity contribution in [1.82, 2.24) is 19.6 Å². The van der Waals surface area contributed by atoms with Crippen LogP contribution in [0.25, 0.3) is 5.65 Å². The van der Waals surface area contributed by atoms with E-state index in [9.17, 15) is 4.79 Å². The molecule has 0 radical (unpaired) electrons. The van der Waals surface area contributed by atoms with Crippen molar-refractivity contribution in [2.45, 2.75) is 41.2 Å². The summed E-state index contributed by atoms with van der Waals surface area (Å²) in [7, 11) is 0. The molecule has 1 saturated carbocycles. The zero-order valence-electron chi connectivity index (χ0n) is 15.6. The summed E-state index contributed by atoms with van der Waals surface area (Å²) in [5.74, 6) is 0.758. The van der Waals surface area contributed by atoms with E-state index >= 15 is 0 Å². The number of nitrogens with one attached hydrogen (secondary N) is 1. The van der Waals surface area contributed by atoms with E-state index in [2.05, 4.69) is 26.6 Å². The maximum absolute atomic E-state index is 13.1. The predicted octanol–water partition coefficient (Wildman–Crippen LogP) is 4.99. The Morgan fingerprint density at radius 3 is 2.90 bits per heavy atom. The van der Waals surface area contributed by atoms with Gasteiger partial charge in [0.05, 0.1) is 11.1 Å². The minimum atomic E-state index is -0.413. The SMILES string of the molecule is O=C(Nc1nnc(SCc2cn3ccccc3n2)s1)C1(c2cccs2)CCCC1. The summed E-state index contributed by atoms with van der Waals surface area (Å²) in [5.41, 5.74) is 1.51. The largest absolute Gasteiger partial charge is 0.307 e. The van der Waals surface area contributed by atoms with Gasteiger partial charge in [-0.3, -0.25) is 10.1 Å². The first-order valence-corrected chi connectivity index (χ1v) is 12.2. The first-order valence-electron chi connectivity index (χ1n) is 9.47. The normalized spacial score (nSPS) is 15.7. The predicted molar refractivity (Wildman–Crippen MR) is 118 cm³/mol.